The molecule has 0 N–H and O–H groups in total. The molecule has 2 aliphatic rings. The van der Waals surface area contributed by atoms with Crippen LogP contribution in [0.4, 0.5) is 0 Å². The van der Waals surface area contributed by atoms with Crippen molar-refractivity contribution in [1.82, 2.24) is 0 Å². The highest BCUT2D eigenvalue weighted by molar-refractivity contribution is 5.16. The molecule has 9 heavy (non-hydrogen) atoms. The molecule has 49 valence electrons. The molecule has 2 rings (SSSR count). The minimum Gasteiger partial charge on any atom is -0.0525 e. The molecule has 0 nitrogen and oxygen atoms in total. The first kappa shape index (κ1) is 5.76. The van der Waals surface area contributed by atoms with Crippen LogP contribution < -0.4 is 0 Å². The zero-order valence-electron chi connectivity index (χ0n) is 5.77. The van der Waals surface area contributed by atoms with Gasteiger partial charge in [0.1, 0.15) is 0 Å². The van der Waals surface area contributed by atoms with Crippen LogP contribution in [0.1, 0.15) is 32.1 Å². The fraction of sp³-hybridized carbons (Fsp3) is 0.667. The van der Waals surface area contributed by atoms with Crippen LogP contribution in [0, 0.1) is 24.7 Å². The Morgan fingerprint density at radius 1 is 1.44 bits per heavy atom. The third-order valence-electron chi connectivity index (χ3n) is 2.48. The number of rotatable bonds is 0. The van der Waals surface area contributed by atoms with Crippen LogP contribution in [0.2, 0.25) is 0 Å². The van der Waals surface area contributed by atoms with Gasteiger partial charge >= 0.3 is 0 Å². The van der Waals surface area contributed by atoms with Crippen LogP contribution in [-0.2, 0) is 0 Å². The van der Waals surface area contributed by atoms with Gasteiger partial charge in [-0.3, -0.25) is 0 Å². The van der Waals surface area contributed by atoms with Crippen LogP contribution in [0.3, 0.4) is 0 Å². The lowest BCUT2D eigenvalue weighted by molar-refractivity contribution is 0.362. The monoisotopic (exact) mass is 121 g/mol. The van der Waals surface area contributed by atoms with E-state index >= 15 is 0 Å². The van der Waals surface area contributed by atoms with Crippen LogP contribution in [-0.4, -0.2) is 0 Å². The van der Waals surface area contributed by atoms with Gasteiger partial charge in [-0.1, -0.05) is 12.8 Å². The molecule has 1 unspecified atom stereocenters. The third kappa shape index (κ3) is 1.12. The summed E-state index contributed by atoms with van der Waals surface area (Å²) in [6, 6.07) is 0. The number of hydrogen-bond acceptors (Lipinski definition) is 0. The first-order chi connectivity index (χ1) is 4.45. The molecular formula is C9H13. The Hall–Kier alpha value is 0. The largest absolute Gasteiger partial charge is 0.0525 e. The Morgan fingerprint density at radius 3 is 3.22 bits per heavy atom. The SMILES string of the molecule is [CH]1[CH][C]2CCCC(C1)C2. The highest BCUT2D eigenvalue weighted by atomic mass is 14.3. The van der Waals surface area contributed by atoms with Crippen molar-refractivity contribution in [3.05, 3.63) is 18.8 Å². The Kier molecular flexibility index (Phi) is 1.48. The average Bonchev–Trinajstić information content (AvgIpc) is 1.88. The molecule has 2 aliphatic carbocycles. The number of hydrogen-bond donors (Lipinski definition) is 0. The summed E-state index contributed by atoms with van der Waals surface area (Å²) >= 11 is 0. The van der Waals surface area contributed by atoms with E-state index in [2.05, 4.69) is 12.8 Å². The second-order valence-electron chi connectivity index (χ2n) is 3.26. The summed E-state index contributed by atoms with van der Waals surface area (Å²) in [5.41, 5.74) is 0. The fourth-order valence-corrected chi connectivity index (χ4v) is 1.97. The molecule has 2 fully saturated rings. The topological polar surface area (TPSA) is 0 Å². The Labute approximate surface area is 57.6 Å². The molecule has 0 heteroatoms. The lowest BCUT2D eigenvalue weighted by Crippen LogP contribution is -2.19. The van der Waals surface area contributed by atoms with Gasteiger partial charge in [-0.15, -0.1) is 0 Å². The van der Waals surface area contributed by atoms with Crippen molar-refractivity contribution in [2.45, 2.75) is 32.1 Å². The lowest BCUT2D eigenvalue weighted by atomic mass is 9.72. The third-order valence-corrected chi connectivity index (χ3v) is 2.48. The van der Waals surface area contributed by atoms with E-state index in [1.54, 1.807) is 5.92 Å². The van der Waals surface area contributed by atoms with Gasteiger partial charge in [-0.2, -0.15) is 0 Å². The molecule has 0 saturated heterocycles. The Bertz CT molecular complexity index is 76.2. The molecule has 0 amide bonds. The lowest BCUT2D eigenvalue weighted by Gasteiger charge is -2.33. The summed E-state index contributed by atoms with van der Waals surface area (Å²) < 4.78 is 0. The van der Waals surface area contributed by atoms with Crippen molar-refractivity contribution in [1.29, 1.82) is 0 Å². The van der Waals surface area contributed by atoms with E-state index in [0.717, 1.165) is 5.92 Å². The van der Waals surface area contributed by atoms with E-state index < -0.39 is 0 Å². The van der Waals surface area contributed by atoms with Gasteiger partial charge < -0.3 is 0 Å². The summed E-state index contributed by atoms with van der Waals surface area (Å²) in [6.07, 6.45) is 11.8. The van der Waals surface area contributed by atoms with Crippen LogP contribution in [0.15, 0.2) is 0 Å². The van der Waals surface area contributed by atoms with Crippen molar-refractivity contribution in [2.75, 3.05) is 0 Å². The van der Waals surface area contributed by atoms with Gasteiger partial charge in [0.15, 0.2) is 0 Å². The number of fused-ring (bicyclic) bond motifs is 2. The predicted octanol–water partition coefficient (Wildman–Crippen LogP) is 2.56. The van der Waals surface area contributed by atoms with Crippen molar-refractivity contribution in [3.63, 3.8) is 0 Å². The maximum atomic E-state index is 2.35. The zero-order chi connectivity index (χ0) is 6.10. The van der Waals surface area contributed by atoms with Crippen molar-refractivity contribution >= 4 is 0 Å². The summed E-state index contributed by atoms with van der Waals surface area (Å²) in [5.74, 6) is 2.73. The van der Waals surface area contributed by atoms with E-state index in [4.69, 9.17) is 0 Å². The quantitative estimate of drug-likeness (QED) is 0.462. The minimum absolute atomic E-state index is 1.03. The van der Waals surface area contributed by atoms with Crippen LogP contribution in [0.5, 0.6) is 0 Å². The smallest absolute Gasteiger partial charge is 0.0201 e. The van der Waals surface area contributed by atoms with E-state index in [1.165, 1.54) is 32.1 Å². The van der Waals surface area contributed by atoms with Gasteiger partial charge in [0.05, 0.1) is 0 Å². The van der Waals surface area contributed by atoms with Gasteiger partial charge in [-0.25, -0.2) is 0 Å². The Balaban J connectivity index is 1.96. The normalized spacial score (nSPS) is 30.7. The van der Waals surface area contributed by atoms with Gasteiger partial charge in [-0.05, 0) is 43.9 Å². The second kappa shape index (κ2) is 2.32. The van der Waals surface area contributed by atoms with Gasteiger partial charge in [0.2, 0.25) is 0 Å². The molecule has 2 saturated carbocycles. The summed E-state index contributed by atoms with van der Waals surface area (Å²) in [7, 11) is 0. The minimum atomic E-state index is 1.03. The van der Waals surface area contributed by atoms with Crippen molar-refractivity contribution < 1.29 is 0 Å². The fourth-order valence-electron chi connectivity index (χ4n) is 1.97. The summed E-state index contributed by atoms with van der Waals surface area (Å²) in [5, 5.41) is 0. The van der Waals surface area contributed by atoms with Crippen LogP contribution >= 0.6 is 0 Å². The maximum absolute atomic E-state index is 2.35. The first-order valence-corrected chi connectivity index (χ1v) is 3.96. The molecule has 0 spiro atoms. The molecule has 1 atom stereocenters. The molecule has 0 aromatic heterocycles. The van der Waals surface area contributed by atoms with E-state index in [1.807, 2.05) is 0 Å². The molecule has 0 aromatic carbocycles. The van der Waals surface area contributed by atoms with Crippen LogP contribution in [0.25, 0.3) is 0 Å². The van der Waals surface area contributed by atoms with E-state index in [0.29, 0.717) is 0 Å². The second-order valence-corrected chi connectivity index (χ2v) is 3.26. The predicted molar refractivity (Wildman–Crippen MR) is 38.4 cm³/mol. The molecule has 2 bridgehead atoms. The van der Waals surface area contributed by atoms with E-state index in [9.17, 15) is 0 Å². The first-order valence-electron chi connectivity index (χ1n) is 3.96. The molecule has 0 aliphatic heterocycles. The highest BCUT2D eigenvalue weighted by Crippen LogP contribution is 2.39. The highest BCUT2D eigenvalue weighted by Gasteiger charge is 2.26. The summed E-state index contributed by atoms with van der Waals surface area (Å²) in [4.78, 5) is 0. The van der Waals surface area contributed by atoms with Gasteiger partial charge in [0, 0.05) is 0 Å². The van der Waals surface area contributed by atoms with Crippen molar-refractivity contribution in [3.8, 4) is 0 Å². The Morgan fingerprint density at radius 2 is 2.44 bits per heavy atom. The summed E-state index contributed by atoms with van der Waals surface area (Å²) in [6.45, 7) is 0. The molecule has 0 heterocycles. The molecular weight excluding hydrogens is 108 g/mol. The average molecular weight is 121 g/mol. The zero-order valence-corrected chi connectivity index (χ0v) is 5.77. The van der Waals surface area contributed by atoms with E-state index in [-0.39, 0.29) is 0 Å². The maximum Gasteiger partial charge on any atom is -0.0201 e. The molecule has 0 aromatic rings. The molecule has 3 radical (unpaired) electrons. The van der Waals surface area contributed by atoms with Crippen molar-refractivity contribution in [2.24, 2.45) is 5.92 Å². The van der Waals surface area contributed by atoms with Gasteiger partial charge in [0.25, 0.3) is 0 Å². The standard InChI is InChI=1S/C9H13/c1-3-8-5-2-6-9(4-1)7-8/h1,3,9H,2,4-7H2.